The van der Waals surface area contributed by atoms with Gasteiger partial charge < -0.3 is 21.0 Å². The van der Waals surface area contributed by atoms with Crippen LogP contribution in [0.3, 0.4) is 0 Å². The van der Waals surface area contributed by atoms with Crippen molar-refractivity contribution in [1.82, 2.24) is 5.32 Å². The van der Waals surface area contributed by atoms with E-state index in [1.54, 1.807) is 12.1 Å². The monoisotopic (exact) mass is 427 g/mol. The van der Waals surface area contributed by atoms with E-state index in [1.807, 2.05) is 48.6 Å². The van der Waals surface area contributed by atoms with Gasteiger partial charge in [-0.15, -0.1) is 0 Å². The van der Waals surface area contributed by atoms with Crippen molar-refractivity contribution in [2.75, 3.05) is 13.2 Å². The van der Waals surface area contributed by atoms with E-state index >= 15 is 0 Å². The number of carbonyl (C=O) groups excluding carboxylic acids is 1. The summed E-state index contributed by atoms with van der Waals surface area (Å²) in [7, 11) is 0. The summed E-state index contributed by atoms with van der Waals surface area (Å²) in [6.45, 7) is 0.789. The van der Waals surface area contributed by atoms with Crippen molar-refractivity contribution in [2.45, 2.75) is 12.3 Å². The number of alkyl carbamates (subject to hydrolysis) is 1. The van der Waals surface area contributed by atoms with E-state index < -0.39 is 6.09 Å². The van der Waals surface area contributed by atoms with Gasteiger partial charge in [0.1, 0.15) is 6.61 Å². The van der Waals surface area contributed by atoms with Crippen molar-refractivity contribution in [3.05, 3.63) is 101 Å². The molecule has 0 fully saturated rings. The molecule has 0 spiro atoms. The zero-order chi connectivity index (χ0) is 22.3. The van der Waals surface area contributed by atoms with Gasteiger partial charge in [-0.05, 0) is 34.2 Å². The number of nitrogens with zero attached hydrogens (tertiary/aromatic N) is 1. The number of amidine groups is 1. The predicted octanol–water partition coefficient (Wildman–Crippen LogP) is 4.72. The maximum atomic E-state index is 12.2. The Morgan fingerprint density at radius 3 is 2.25 bits per heavy atom. The molecule has 0 aliphatic heterocycles. The Morgan fingerprint density at radius 2 is 1.62 bits per heavy atom. The highest BCUT2D eigenvalue weighted by atomic mass is 16.5. The van der Waals surface area contributed by atoms with Crippen LogP contribution < -0.4 is 11.1 Å². The maximum absolute atomic E-state index is 12.2. The molecule has 6 nitrogen and oxygen atoms in total. The molecule has 3 aromatic rings. The Bertz CT molecular complexity index is 1110. The van der Waals surface area contributed by atoms with E-state index in [9.17, 15) is 4.79 Å². The predicted molar refractivity (Wildman–Crippen MR) is 126 cm³/mol. The smallest absolute Gasteiger partial charge is 0.407 e. The standard InChI is InChI=1S/C26H25N3O3/c27-25(29-31)19-14-12-18(13-15-19)7-5-6-16-28-26(30)32-17-24-22-10-3-1-8-20(22)21-9-2-4-11-23(21)24/h1-5,7-15,24,31H,6,16-17H2,(H2,27,29)(H,28,30). The lowest BCUT2D eigenvalue weighted by atomic mass is 9.98. The van der Waals surface area contributed by atoms with Gasteiger partial charge in [-0.25, -0.2) is 4.79 Å². The molecule has 1 amide bonds. The van der Waals surface area contributed by atoms with E-state index in [4.69, 9.17) is 15.7 Å². The van der Waals surface area contributed by atoms with Crippen LogP contribution in [-0.4, -0.2) is 30.3 Å². The first-order valence-corrected chi connectivity index (χ1v) is 10.5. The number of rotatable bonds is 7. The quantitative estimate of drug-likeness (QED) is 0.167. The van der Waals surface area contributed by atoms with Gasteiger partial charge in [-0.3, -0.25) is 0 Å². The minimum atomic E-state index is -0.414. The Hall–Kier alpha value is -4.06. The summed E-state index contributed by atoms with van der Waals surface area (Å²) in [5.41, 5.74) is 12.0. The molecule has 0 unspecified atom stereocenters. The van der Waals surface area contributed by atoms with E-state index in [-0.39, 0.29) is 11.8 Å². The van der Waals surface area contributed by atoms with Crippen LogP contribution in [0.5, 0.6) is 0 Å². The Morgan fingerprint density at radius 1 is 1.00 bits per heavy atom. The Labute approximate surface area is 187 Å². The van der Waals surface area contributed by atoms with Gasteiger partial charge >= 0.3 is 6.09 Å². The van der Waals surface area contributed by atoms with Crippen LogP contribution in [0.2, 0.25) is 0 Å². The number of benzene rings is 3. The number of carbonyl (C=O) groups is 1. The van der Waals surface area contributed by atoms with Crippen LogP contribution in [0.15, 0.2) is 84.0 Å². The first kappa shape index (κ1) is 21.2. The first-order valence-electron chi connectivity index (χ1n) is 10.5. The summed E-state index contributed by atoms with van der Waals surface area (Å²) in [6, 6.07) is 23.9. The molecule has 0 saturated heterocycles. The Kier molecular flexibility index (Phi) is 6.51. The summed E-state index contributed by atoms with van der Waals surface area (Å²) in [4.78, 5) is 12.2. The molecule has 6 heteroatoms. The largest absolute Gasteiger partial charge is 0.449 e. The molecule has 4 rings (SSSR count). The number of amides is 1. The molecule has 4 N–H and O–H groups in total. The van der Waals surface area contributed by atoms with Crippen LogP contribution >= 0.6 is 0 Å². The average molecular weight is 428 g/mol. The van der Waals surface area contributed by atoms with E-state index in [2.05, 4.69) is 34.7 Å². The fraction of sp³-hybridized carbons (Fsp3) is 0.154. The topological polar surface area (TPSA) is 96.9 Å². The third-order valence-electron chi connectivity index (χ3n) is 5.55. The summed E-state index contributed by atoms with van der Waals surface area (Å²) in [5.74, 6) is 0.133. The number of fused-ring (bicyclic) bond motifs is 3. The molecule has 1 aliphatic rings. The molecule has 1 aliphatic carbocycles. The molecule has 0 bridgehead atoms. The molecule has 0 heterocycles. The second-order valence-electron chi connectivity index (χ2n) is 7.55. The zero-order valence-electron chi connectivity index (χ0n) is 17.6. The lowest BCUT2D eigenvalue weighted by Crippen LogP contribution is -2.26. The van der Waals surface area contributed by atoms with Crippen LogP contribution in [0.4, 0.5) is 4.79 Å². The Balaban J connectivity index is 1.24. The molecule has 0 atom stereocenters. The van der Waals surface area contributed by atoms with E-state index in [0.717, 1.165) is 5.56 Å². The molecule has 162 valence electrons. The van der Waals surface area contributed by atoms with Gasteiger partial charge in [0.2, 0.25) is 0 Å². The van der Waals surface area contributed by atoms with Gasteiger partial charge in [-0.2, -0.15) is 0 Å². The minimum absolute atomic E-state index is 0.0564. The summed E-state index contributed by atoms with van der Waals surface area (Å²) in [5, 5.41) is 14.5. The number of ether oxygens (including phenoxy) is 1. The highest BCUT2D eigenvalue weighted by Crippen LogP contribution is 2.44. The fourth-order valence-electron chi connectivity index (χ4n) is 3.95. The summed E-state index contributed by atoms with van der Waals surface area (Å²) >= 11 is 0. The third kappa shape index (κ3) is 4.64. The highest BCUT2D eigenvalue weighted by molar-refractivity contribution is 5.97. The van der Waals surface area contributed by atoms with Crippen LogP contribution in [0, 0.1) is 0 Å². The molecular formula is C26H25N3O3. The number of oxime groups is 1. The van der Waals surface area contributed by atoms with Crippen molar-refractivity contribution in [2.24, 2.45) is 10.9 Å². The van der Waals surface area contributed by atoms with Crippen molar-refractivity contribution in [3.63, 3.8) is 0 Å². The van der Waals surface area contributed by atoms with Crippen LogP contribution in [0.25, 0.3) is 17.2 Å². The van der Waals surface area contributed by atoms with Gasteiger partial charge in [0.15, 0.2) is 5.84 Å². The SMILES string of the molecule is NC(=NO)c1ccc(C=CCCNC(=O)OCC2c3ccccc3-c3ccccc32)cc1. The molecule has 0 aromatic heterocycles. The molecule has 0 saturated carbocycles. The van der Waals surface area contributed by atoms with E-state index in [0.29, 0.717) is 25.1 Å². The summed E-state index contributed by atoms with van der Waals surface area (Å²) < 4.78 is 5.53. The number of hydrogen-bond donors (Lipinski definition) is 3. The molecule has 3 aromatic carbocycles. The van der Waals surface area contributed by atoms with Gasteiger partial charge in [-0.1, -0.05) is 90.1 Å². The fourth-order valence-corrected chi connectivity index (χ4v) is 3.95. The number of nitrogens with two attached hydrogens (primary N) is 1. The number of hydrogen-bond acceptors (Lipinski definition) is 4. The van der Waals surface area contributed by atoms with Crippen molar-refractivity contribution < 1.29 is 14.7 Å². The second-order valence-corrected chi connectivity index (χ2v) is 7.55. The summed E-state index contributed by atoms with van der Waals surface area (Å²) in [6.07, 6.45) is 4.19. The van der Waals surface area contributed by atoms with Gasteiger partial charge in [0, 0.05) is 18.0 Å². The molecule has 0 radical (unpaired) electrons. The van der Waals surface area contributed by atoms with Crippen molar-refractivity contribution in [1.29, 1.82) is 0 Å². The van der Waals surface area contributed by atoms with Crippen LogP contribution in [0.1, 0.15) is 34.6 Å². The third-order valence-corrected chi connectivity index (χ3v) is 5.55. The van der Waals surface area contributed by atoms with Gasteiger partial charge in [0.25, 0.3) is 0 Å². The normalized spacial score (nSPS) is 13.1. The van der Waals surface area contributed by atoms with E-state index in [1.165, 1.54) is 22.3 Å². The lowest BCUT2D eigenvalue weighted by molar-refractivity contribution is 0.143. The minimum Gasteiger partial charge on any atom is -0.449 e. The highest BCUT2D eigenvalue weighted by Gasteiger charge is 2.28. The first-order chi connectivity index (χ1) is 15.7. The molecule has 32 heavy (non-hydrogen) atoms. The lowest BCUT2D eigenvalue weighted by Gasteiger charge is -2.14. The maximum Gasteiger partial charge on any atom is 0.407 e. The second kappa shape index (κ2) is 9.83. The van der Waals surface area contributed by atoms with Crippen molar-refractivity contribution >= 4 is 18.0 Å². The average Bonchev–Trinajstić information content (AvgIpc) is 3.16. The van der Waals surface area contributed by atoms with Crippen LogP contribution in [-0.2, 0) is 4.74 Å². The molecular weight excluding hydrogens is 402 g/mol. The van der Waals surface area contributed by atoms with Gasteiger partial charge in [0.05, 0.1) is 0 Å². The van der Waals surface area contributed by atoms with Crippen molar-refractivity contribution in [3.8, 4) is 11.1 Å². The zero-order valence-corrected chi connectivity index (χ0v) is 17.6. The number of nitrogens with one attached hydrogen (secondary N) is 1.